The maximum Gasteiger partial charge on any atom is 0.338 e. The highest BCUT2D eigenvalue weighted by molar-refractivity contribution is 7.09. The van der Waals surface area contributed by atoms with Crippen molar-refractivity contribution >= 4 is 23.2 Å². The van der Waals surface area contributed by atoms with Crippen LogP contribution in [0, 0.1) is 5.82 Å². The van der Waals surface area contributed by atoms with E-state index in [1.165, 1.54) is 23.5 Å². The SMILES string of the molecule is O=C(OCc1nc(C(=O)NCCc2ccc(F)cc2)cs1)c1ccccc1. The maximum atomic E-state index is 12.9. The minimum absolute atomic E-state index is 0.0151. The van der Waals surface area contributed by atoms with Crippen molar-refractivity contribution in [2.24, 2.45) is 0 Å². The number of ether oxygens (including phenoxy) is 1. The van der Waals surface area contributed by atoms with Gasteiger partial charge in [-0.15, -0.1) is 11.3 Å². The number of nitrogens with zero attached hydrogens (tertiary/aromatic N) is 1. The average Bonchev–Trinajstić information content (AvgIpc) is 3.17. The molecule has 0 saturated heterocycles. The van der Waals surface area contributed by atoms with Crippen LogP contribution in [-0.4, -0.2) is 23.4 Å². The van der Waals surface area contributed by atoms with E-state index in [1.54, 1.807) is 41.8 Å². The summed E-state index contributed by atoms with van der Waals surface area (Å²) in [6.07, 6.45) is 0.595. The molecule has 27 heavy (non-hydrogen) atoms. The van der Waals surface area contributed by atoms with E-state index in [2.05, 4.69) is 10.3 Å². The minimum Gasteiger partial charge on any atom is -0.455 e. The first kappa shape index (κ1) is 18.7. The van der Waals surface area contributed by atoms with Crippen LogP contribution in [0.5, 0.6) is 0 Å². The summed E-state index contributed by atoms with van der Waals surface area (Å²) in [7, 11) is 0. The van der Waals surface area contributed by atoms with Gasteiger partial charge in [-0.25, -0.2) is 14.2 Å². The van der Waals surface area contributed by atoms with Gasteiger partial charge in [-0.2, -0.15) is 0 Å². The molecule has 3 rings (SSSR count). The number of esters is 1. The van der Waals surface area contributed by atoms with Crippen LogP contribution in [0.3, 0.4) is 0 Å². The third-order valence-electron chi connectivity index (χ3n) is 3.73. The van der Waals surface area contributed by atoms with Crippen molar-refractivity contribution < 1.29 is 18.7 Å². The zero-order chi connectivity index (χ0) is 19.1. The average molecular weight is 384 g/mol. The van der Waals surface area contributed by atoms with Gasteiger partial charge in [0, 0.05) is 11.9 Å². The Morgan fingerprint density at radius 2 is 1.81 bits per heavy atom. The van der Waals surface area contributed by atoms with E-state index >= 15 is 0 Å². The van der Waals surface area contributed by atoms with Gasteiger partial charge >= 0.3 is 5.97 Å². The number of benzene rings is 2. The van der Waals surface area contributed by atoms with Gasteiger partial charge in [-0.3, -0.25) is 4.79 Å². The number of carbonyl (C=O) groups is 2. The Morgan fingerprint density at radius 1 is 1.07 bits per heavy atom. The quantitative estimate of drug-likeness (QED) is 0.632. The number of nitrogens with one attached hydrogen (secondary N) is 1. The summed E-state index contributed by atoms with van der Waals surface area (Å²) in [4.78, 5) is 28.2. The Bertz CT molecular complexity index is 910. The van der Waals surface area contributed by atoms with Crippen LogP contribution >= 0.6 is 11.3 Å². The van der Waals surface area contributed by atoms with Gasteiger partial charge in [-0.05, 0) is 36.2 Å². The first-order chi connectivity index (χ1) is 13.1. The normalized spacial score (nSPS) is 10.4. The van der Waals surface area contributed by atoms with Crippen molar-refractivity contribution in [3.63, 3.8) is 0 Å². The zero-order valence-corrected chi connectivity index (χ0v) is 15.2. The van der Waals surface area contributed by atoms with Crippen LogP contribution in [0.4, 0.5) is 4.39 Å². The topological polar surface area (TPSA) is 68.3 Å². The van der Waals surface area contributed by atoms with Crippen molar-refractivity contribution in [3.05, 3.63) is 87.6 Å². The number of halogens is 1. The van der Waals surface area contributed by atoms with Gasteiger partial charge in [0.1, 0.15) is 23.1 Å². The maximum absolute atomic E-state index is 12.9. The lowest BCUT2D eigenvalue weighted by Crippen LogP contribution is -2.26. The van der Waals surface area contributed by atoms with Crippen LogP contribution in [0.1, 0.15) is 31.4 Å². The third-order valence-corrected chi connectivity index (χ3v) is 4.56. The Hall–Kier alpha value is -3.06. The van der Waals surface area contributed by atoms with Crippen LogP contribution < -0.4 is 5.32 Å². The number of amides is 1. The molecule has 0 spiro atoms. The second-order valence-corrected chi connectivity index (χ2v) is 6.64. The fourth-order valence-corrected chi connectivity index (χ4v) is 3.01. The van der Waals surface area contributed by atoms with Crippen molar-refractivity contribution in [3.8, 4) is 0 Å². The zero-order valence-electron chi connectivity index (χ0n) is 14.4. The van der Waals surface area contributed by atoms with E-state index in [1.807, 2.05) is 6.07 Å². The molecule has 1 aromatic heterocycles. The molecule has 0 bridgehead atoms. The van der Waals surface area contributed by atoms with Crippen molar-refractivity contribution in [1.29, 1.82) is 0 Å². The van der Waals surface area contributed by atoms with Gasteiger partial charge in [-0.1, -0.05) is 30.3 Å². The molecule has 0 fully saturated rings. The lowest BCUT2D eigenvalue weighted by molar-refractivity contribution is 0.0472. The molecule has 7 heteroatoms. The molecule has 1 amide bonds. The van der Waals surface area contributed by atoms with Crippen LogP contribution in [-0.2, 0) is 17.8 Å². The largest absolute Gasteiger partial charge is 0.455 e. The standard InChI is InChI=1S/C20H17FN2O3S/c21-16-8-6-14(7-9-16)10-11-22-19(24)17-13-27-18(23-17)12-26-20(25)15-4-2-1-3-5-15/h1-9,13H,10-12H2,(H,22,24). The molecule has 0 saturated carbocycles. The minimum atomic E-state index is -0.434. The fourth-order valence-electron chi connectivity index (χ4n) is 2.33. The third kappa shape index (κ3) is 5.46. The fraction of sp³-hybridized carbons (Fsp3) is 0.150. The first-order valence-electron chi connectivity index (χ1n) is 8.31. The molecule has 3 aromatic rings. The summed E-state index contributed by atoms with van der Waals surface area (Å²) in [5, 5.41) is 4.94. The molecule has 0 aliphatic carbocycles. The Balaban J connectivity index is 1.46. The summed E-state index contributed by atoms with van der Waals surface area (Å²) in [6, 6.07) is 14.8. The highest BCUT2D eigenvalue weighted by atomic mass is 32.1. The number of hydrogen-bond donors (Lipinski definition) is 1. The van der Waals surface area contributed by atoms with Gasteiger partial charge in [0.05, 0.1) is 5.56 Å². The van der Waals surface area contributed by atoms with Crippen molar-refractivity contribution in [2.75, 3.05) is 6.54 Å². The summed E-state index contributed by atoms with van der Waals surface area (Å²) in [5.74, 6) is -1.02. The number of thiazole rings is 1. The molecular weight excluding hydrogens is 367 g/mol. The van der Waals surface area contributed by atoms with E-state index in [4.69, 9.17) is 4.74 Å². The number of aromatic nitrogens is 1. The van der Waals surface area contributed by atoms with Crippen LogP contribution in [0.25, 0.3) is 0 Å². The molecule has 0 unspecified atom stereocenters. The number of hydrogen-bond acceptors (Lipinski definition) is 5. The van der Waals surface area contributed by atoms with Crippen molar-refractivity contribution in [1.82, 2.24) is 10.3 Å². The van der Waals surface area contributed by atoms with E-state index in [0.29, 0.717) is 23.5 Å². The molecule has 5 nitrogen and oxygen atoms in total. The first-order valence-corrected chi connectivity index (χ1v) is 9.19. The van der Waals surface area contributed by atoms with E-state index in [9.17, 15) is 14.0 Å². The lowest BCUT2D eigenvalue weighted by Gasteiger charge is -2.04. The molecule has 0 aliphatic heterocycles. The summed E-state index contributed by atoms with van der Waals surface area (Å²) in [5.41, 5.74) is 1.68. The van der Waals surface area contributed by atoms with Crippen molar-refractivity contribution in [2.45, 2.75) is 13.0 Å². The molecule has 1 heterocycles. The van der Waals surface area contributed by atoms with E-state index in [0.717, 1.165) is 5.56 Å². The second-order valence-electron chi connectivity index (χ2n) is 5.70. The van der Waals surface area contributed by atoms with Gasteiger partial charge in [0.2, 0.25) is 0 Å². The molecule has 1 N–H and O–H groups in total. The van der Waals surface area contributed by atoms with E-state index in [-0.39, 0.29) is 24.0 Å². The highest BCUT2D eigenvalue weighted by Gasteiger charge is 2.12. The lowest BCUT2D eigenvalue weighted by atomic mass is 10.1. The Labute approximate surface area is 159 Å². The number of carbonyl (C=O) groups excluding carboxylic acids is 2. The predicted molar refractivity (Wildman–Crippen MR) is 100 cm³/mol. The Kier molecular flexibility index (Phi) is 6.27. The molecule has 0 radical (unpaired) electrons. The summed E-state index contributed by atoms with van der Waals surface area (Å²) < 4.78 is 18.1. The highest BCUT2D eigenvalue weighted by Crippen LogP contribution is 2.12. The molecule has 138 valence electrons. The summed E-state index contributed by atoms with van der Waals surface area (Å²) >= 11 is 1.26. The molecular formula is C20H17FN2O3S. The van der Waals surface area contributed by atoms with E-state index < -0.39 is 5.97 Å². The molecule has 0 atom stereocenters. The molecule has 0 aliphatic rings. The van der Waals surface area contributed by atoms with Crippen LogP contribution in [0.15, 0.2) is 60.0 Å². The summed E-state index contributed by atoms with van der Waals surface area (Å²) in [6.45, 7) is 0.432. The van der Waals surface area contributed by atoms with Gasteiger partial charge in [0.15, 0.2) is 0 Å². The second kappa shape index (κ2) is 9.05. The monoisotopic (exact) mass is 384 g/mol. The smallest absolute Gasteiger partial charge is 0.338 e. The molecule has 2 aromatic carbocycles. The van der Waals surface area contributed by atoms with Gasteiger partial charge < -0.3 is 10.1 Å². The van der Waals surface area contributed by atoms with Crippen LogP contribution in [0.2, 0.25) is 0 Å². The number of rotatable bonds is 7. The van der Waals surface area contributed by atoms with Gasteiger partial charge in [0.25, 0.3) is 5.91 Å². The predicted octanol–water partition coefficient (Wildman–Crippen LogP) is 3.61. The Morgan fingerprint density at radius 3 is 2.56 bits per heavy atom.